The molecule has 1 aliphatic carbocycles. The Morgan fingerprint density at radius 1 is 1.17 bits per heavy atom. The van der Waals surface area contributed by atoms with Crippen LogP contribution < -0.4 is 5.56 Å². The SMILES string of the molecule is CC(C)(C)c1ccc(=O)n(CC2CN(C(=O)CC3CCCC3)C2)n1. The summed E-state index contributed by atoms with van der Waals surface area (Å²) < 4.78 is 1.57. The van der Waals surface area contributed by atoms with E-state index in [0.717, 1.165) is 18.8 Å². The van der Waals surface area contributed by atoms with Crippen LogP contribution in [0, 0.1) is 11.8 Å². The number of likely N-dealkylation sites (tertiary alicyclic amines) is 1. The van der Waals surface area contributed by atoms with Crippen molar-refractivity contribution in [3.63, 3.8) is 0 Å². The lowest BCUT2D eigenvalue weighted by Gasteiger charge is -2.40. The first kappa shape index (κ1) is 17.2. The third-order valence-corrected chi connectivity index (χ3v) is 5.31. The molecule has 1 amide bonds. The maximum Gasteiger partial charge on any atom is 0.266 e. The Bertz CT molecular complexity index is 647. The van der Waals surface area contributed by atoms with Gasteiger partial charge in [0.2, 0.25) is 5.91 Å². The largest absolute Gasteiger partial charge is 0.342 e. The van der Waals surface area contributed by atoms with Crippen molar-refractivity contribution in [2.45, 2.75) is 64.8 Å². The number of carbonyl (C=O) groups is 1. The molecule has 24 heavy (non-hydrogen) atoms. The molecule has 1 saturated carbocycles. The molecule has 5 heteroatoms. The molecule has 3 rings (SSSR count). The second-order valence-electron chi connectivity index (χ2n) is 8.51. The van der Waals surface area contributed by atoms with Crippen LogP contribution in [0.4, 0.5) is 0 Å². The lowest BCUT2D eigenvalue weighted by Crippen LogP contribution is -2.52. The molecule has 0 N–H and O–H groups in total. The van der Waals surface area contributed by atoms with Gasteiger partial charge in [-0.1, -0.05) is 33.6 Å². The van der Waals surface area contributed by atoms with Gasteiger partial charge in [0.25, 0.3) is 5.56 Å². The molecule has 0 atom stereocenters. The fraction of sp³-hybridized carbons (Fsp3) is 0.737. The maximum atomic E-state index is 12.3. The van der Waals surface area contributed by atoms with Crippen LogP contribution in [0.1, 0.15) is 58.6 Å². The number of amides is 1. The zero-order chi connectivity index (χ0) is 17.3. The number of hydrogen-bond donors (Lipinski definition) is 0. The summed E-state index contributed by atoms with van der Waals surface area (Å²) in [6, 6.07) is 3.42. The number of hydrogen-bond acceptors (Lipinski definition) is 3. The molecule has 2 fully saturated rings. The molecule has 0 spiro atoms. The summed E-state index contributed by atoms with van der Waals surface area (Å²) in [5.41, 5.74) is 0.799. The number of nitrogens with zero attached hydrogens (tertiary/aromatic N) is 3. The van der Waals surface area contributed by atoms with Gasteiger partial charge in [-0.3, -0.25) is 9.59 Å². The first-order valence-corrected chi connectivity index (χ1v) is 9.19. The van der Waals surface area contributed by atoms with Crippen molar-refractivity contribution in [3.8, 4) is 0 Å². The summed E-state index contributed by atoms with van der Waals surface area (Å²) >= 11 is 0. The van der Waals surface area contributed by atoms with Gasteiger partial charge < -0.3 is 4.90 Å². The van der Waals surface area contributed by atoms with Crippen LogP contribution in [0.15, 0.2) is 16.9 Å². The number of carbonyl (C=O) groups excluding carboxylic acids is 1. The summed E-state index contributed by atoms with van der Waals surface area (Å²) in [5.74, 6) is 1.24. The van der Waals surface area contributed by atoms with Crippen LogP contribution in [0.3, 0.4) is 0 Å². The van der Waals surface area contributed by atoms with Crippen molar-refractivity contribution in [1.29, 1.82) is 0 Å². The molecular weight excluding hydrogens is 302 g/mol. The van der Waals surface area contributed by atoms with Gasteiger partial charge in [-0.15, -0.1) is 0 Å². The van der Waals surface area contributed by atoms with Gasteiger partial charge in [0.1, 0.15) is 0 Å². The summed E-state index contributed by atoms with van der Waals surface area (Å²) in [5, 5.41) is 4.52. The molecular formula is C19H29N3O2. The van der Waals surface area contributed by atoms with Gasteiger partial charge in [-0.05, 0) is 24.8 Å². The highest BCUT2D eigenvalue weighted by molar-refractivity contribution is 5.77. The Labute approximate surface area is 144 Å². The first-order valence-electron chi connectivity index (χ1n) is 9.19. The highest BCUT2D eigenvalue weighted by atomic mass is 16.2. The van der Waals surface area contributed by atoms with E-state index in [9.17, 15) is 9.59 Å². The quantitative estimate of drug-likeness (QED) is 0.852. The molecule has 2 heterocycles. The molecule has 0 radical (unpaired) electrons. The molecule has 2 aliphatic rings. The van der Waals surface area contributed by atoms with Gasteiger partial charge in [-0.25, -0.2) is 4.68 Å². The Balaban J connectivity index is 1.53. The van der Waals surface area contributed by atoms with Gasteiger partial charge in [0, 0.05) is 36.9 Å². The van der Waals surface area contributed by atoms with Gasteiger partial charge in [0.15, 0.2) is 0 Å². The lowest BCUT2D eigenvalue weighted by molar-refractivity contribution is -0.138. The van der Waals surface area contributed by atoms with Crippen molar-refractivity contribution in [2.24, 2.45) is 11.8 Å². The van der Waals surface area contributed by atoms with Gasteiger partial charge >= 0.3 is 0 Å². The van der Waals surface area contributed by atoms with Crippen molar-refractivity contribution >= 4 is 5.91 Å². The maximum absolute atomic E-state index is 12.3. The van der Waals surface area contributed by atoms with Crippen LogP contribution in [0.2, 0.25) is 0 Å². The highest BCUT2D eigenvalue weighted by Gasteiger charge is 2.32. The number of rotatable bonds is 4. The van der Waals surface area contributed by atoms with Crippen LogP contribution in [0.5, 0.6) is 0 Å². The third-order valence-electron chi connectivity index (χ3n) is 5.31. The Hall–Kier alpha value is -1.65. The van der Waals surface area contributed by atoms with E-state index in [1.54, 1.807) is 10.7 Å². The molecule has 1 saturated heterocycles. The van der Waals surface area contributed by atoms with Crippen LogP contribution in [-0.2, 0) is 16.8 Å². The van der Waals surface area contributed by atoms with Crippen LogP contribution in [-0.4, -0.2) is 33.7 Å². The molecule has 5 nitrogen and oxygen atoms in total. The molecule has 0 aromatic carbocycles. The molecule has 0 bridgehead atoms. The fourth-order valence-electron chi connectivity index (χ4n) is 3.70. The first-order chi connectivity index (χ1) is 11.3. The second-order valence-corrected chi connectivity index (χ2v) is 8.51. The van der Waals surface area contributed by atoms with Gasteiger partial charge in [0.05, 0.1) is 12.2 Å². The highest BCUT2D eigenvalue weighted by Crippen LogP contribution is 2.29. The van der Waals surface area contributed by atoms with Crippen molar-refractivity contribution in [3.05, 3.63) is 28.2 Å². The average molecular weight is 331 g/mol. The van der Waals surface area contributed by atoms with Crippen molar-refractivity contribution in [1.82, 2.24) is 14.7 Å². The topological polar surface area (TPSA) is 55.2 Å². The van der Waals surface area contributed by atoms with E-state index in [4.69, 9.17) is 0 Å². The van der Waals surface area contributed by atoms with Gasteiger partial charge in [-0.2, -0.15) is 5.10 Å². The van der Waals surface area contributed by atoms with E-state index in [0.29, 0.717) is 30.7 Å². The minimum absolute atomic E-state index is 0.0567. The van der Waals surface area contributed by atoms with E-state index in [2.05, 4.69) is 25.9 Å². The molecule has 132 valence electrons. The summed E-state index contributed by atoms with van der Waals surface area (Å²) in [6.45, 7) is 8.42. The van der Waals surface area contributed by atoms with Crippen molar-refractivity contribution < 1.29 is 4.79 Å². The summed E-state index contributed by atoms with van der Waals surface area (Å²) in [4.78, 5) is 26.3. The Kier molecular flexibility index (Phi) is 4.79. The molecule has 1 aromatic heterocycles. The second kappa shape index (κ2) is 6.69. The predicted molar refractivity (Wildman–Crippen MR) is 93.8 cm³/mol. The monoisotopic (exact) mass is 331 g/mol. The van der Waals surface area contributed by atoms with E-state index in [1.807, 2.05) is 11.0 Å². The molecule has 1 aliphatic heterocycles. The molecule has 1 aromatic rings. The van der Waals surface area contributed by atoms with Crippen LogP contribution >= 0.6 is 0 Å². The predicted octanol–water partition coefficient (Wildman–Crippen LogP) is 2.58. The fourth-order valence-corrected chi connectivity index (χ4v) is 3.70. The third kappa shape index (κ3) is 3.87. The zero-order valence-corrected chi connectivity index (χ0v) is 15.1. The van der Waals surface area contributed by atoms with E-state index < -0.39 is 0 Å². The molecule has 0 unspecified atom stereocenters. The average Bonchev–Trinajstić information content (AvgIpc) is 2.95. The minimum Gasteiger partial charge on any atom is -0.342 e. The Morgan fingerprint density at radius 3 is 2.46 bits per heavy atom. The minimum atomic E-state index is -0.0711. The zero-order valence-electron chi connectivity index (χ0n) is 15.1. The smallest absolute Gasteiger partial charge is 0.266 e. The summed E-state index contributed by atoms with van der Waals surface area (Å²) in [7, 11) is 0. The van der Waals surface area contributed by atoms with E-state index in [-0.39, 0.29) is 11.0 Å². The van der Waals surface area contributed by atoms with E-state index in [1.165, 1.54) is 25.7 Å². The van der Waals surface area contributed by atoms with E-state index >= 15 is 0 Å². The lowest BCUT2D eigenvalue weighted by atomic mass is 9.92. The van der Waals surface area contributed by atoms with Crippen LogP contribution in [0.25, 0.3) is 0 Å². The summed E-state index contributed by atoms with van der Waals surface area (Å²) in [6.07, 6.45) is 5.69. The number of aromatic nitrogens is 2. The standard InChI is InChI=1S/C19H29N3O2/c1-19(2,3)16-8-9-17(23)22(20-16)13-15-11-21(12-15)18(24)10-14-6-4-5-7-14/h8-9,14-15H,4-7,10-13H2,1-3H3. The Morgan fingerprint density at radius 2 is 1.83 bits per heavy atom. The normalized spacial score (nSPS) is 19.5. The van der Waals surface area contributed by atoms with Crippen molar-refractivity contribution in [2.75, 3.05) is 13.1 Å².